The van der Waals surface area contributed by atoms with Crippen molar-refractivity contribution in [1.82, 2.24) is 10.2 Å². The molecule has 2 N–H and O–H groups in total. The van der Waals surface area contributed by atoms with E-state index < -0.39 is 22.6 Å². The minimum Gasteiger partial charge on any atom is -0.481 e. The first-order valence-electron chi connectivity index (χ1n) is 5.07. The van der Waals surface area contributed by atoms with Crippen molar-refractivity contribution in [2.75, 3.05) is 11.9 Å². The van der Waals surface area contributed by atoms with Gasteiger partial charge in [0.05, 0.1) is 5.41 Å². The molecule has 0 radical (unpaired) electrons. The topological polar surface area (TPSA) is 75.1 Å². The van der Waals surface area contributed by atoms with Crippen LogP contribution in [0.25, 0.3) is 0 Å². The zero-order valence-electron chi connectivity index (χ0n) is 9.71. The highest BCUT2D eigenvalue weighted by molar-refractivity contribution is 7.15. The summed E-state index contributed by atoms with van der Waals surface area (Å²) in [6.07, 6.45) is -4.18. The number of aromatic nitrogens is 2. The van der Waals surface area contributed by atoms with Crippen molar-refractivity contribution in [3.8, 4) is 0 Å². The van der Waals surface area contributed by atoms with Crippen molar-refractivity contribution >= 4 is 22.4 Å². The molecule has 0 saturated carbocycles. The lowest BCUT2D eigenvalue weighted by Gasteiger charge is -2.22. The van der Waals surface area contributed by atoms with Crippen LogP contribution >= 0.6 is 11.3 Å². The highest BCUT2D eigenvalue weighted by Gasteiger charge is 2.36. The van der Waals surface area contributed by atoms with Gasteiger partial charge in [-0.25, -0.2) is 0 Å². The van der Waals surface area contributed by atoms with Gasteiger partial charge in [-0.3, -0.25) is 4.79 Å². The van der Waals surface area contributed by atoms with Gasteiger partial charge in [0.25, 0.3) is 0 Å². The van der Waals surface area contributed by atoms with E-state index in [0.29, 0.717) is 17.8 Å². The van der Waals surface area contributed by atoms with E-state index in [9.17, 15) is 18.0 Å². The van der Waals surface area contributed by atoms with Crippen LogP contribution < -0.4 is 5.32 Å². The van der Waals surface area contributed by atoms with Gasteiger partial charge >= 0.3 is 12.1 Å². The standard InChI is InChI=1S/C9H12F3N3O2S/c1-3-8(2,6(16)17)4-13-7-15-14-5(18-7)9(10,11)12/h3-4H2,1-2H3,(H,13,15)(H,16,17). The van der Waals surface area contributed by atoms with Crippen LogP contribution in [-0.4, -0.2) is 27.8 Å². The summed E-state index contributed by atoms with van der Waals surface area (Å²) in [6, 6.07) is 0. The number of alkyl halides is 3. The van der Waals surface area contributed by atoms with Crippen molar-refractivity contribution in [2.24, 2.45) is 5.41 Å². The number of carbonyl (C=O) groups is 1. The summed E-state index contributed by atoms with van der Waals surface area (Å²) in [7, 11) is 0. The molecule has 9 heteroatoms. The number of halogens is 3. The van der Waals surface area contributed by atoms with Gasteiger partial charge in [-0.15, -0.1) is 10.2 Å². The second-order valence-corrected chi connectivity index (χ2v) is 4.96. The second-order valence-electron chi connectivity index (χ2n) is 3.98. The molecule has 0 spiro atoms. The molecule has 1 aromatic heterocycles. The van der Waals surface area contributed by atoms with Crippen molar-refractivity contribution < 1.29 is 23.1 Å². The molecule has 0 aliphatic heterocycles. The fourth-order valence-electron chi connectivity index (χ4n) is 1.03. The number of carboxylic acid groups (broad SMARTS) is 1. The molecule has 0 aromatic carbocycles. The Hall–Kier alpha value is -1.38. The Morgan fingerprint density at radius 1 is 1.44 bits per heavy atom. The van der Waals surface area contributed by atoms with E-state index in [-0.39, 0.29) is 11.7 Å². The molecule has 1 aromatic rings. The first-order chi connectivity index (χ1) is 8.19. The molecular weight excluding hydrogens is 271 g/mol. The molecule has 0 amide bonds. The molecule has 0 bridgehead atoms. The van der Waals surface area contributed by atoms with Crippen molar-refractivity contribution in [1.29, 1.82) is 0 Å². The molecule has 102 valence electrons. The average molecular weight is 283 g/mol. The molecular formula is C9H12F3N3O2S. The zero-order chi connectivity index (χ0) is 14.0. The third kappa shape index (κ3) is 3.31. The number of carboxylic acids is 1. The Balaban J connectivity index is 2.70. The molecule has 1 atom stereocenters. The summed E-state index contributed by atoms with van der Waals surface area (Å²) in [5, 5.41) is 16.8. The van der Waals surface area contributed by atoms with Crippen LogP contribution in [0.15, 0.2) is 0 Å². The summed E-state index contributed by atoms with van der Waals surface area (Å²) in [5.41, 5.74) is -1.05. The zero-order valence-corrected chi connectivity index (χ0v) is 10.5. The van der Waals surface area contributed by atoms with Gasteiger partial charge < -0.3 is 10.4 Å². The molecule has 0 fully saturated rings. The van der Waals surface area contributed by atoms with E-state index in [1.165, 1.54) is 6.92 Å². The normalized spacial score (nSPS) is 15.2. The Kier molecular flexibility index (Phi) is 4.15. The summed E-state index contributed by atoms with van der Waals surface area (Å²) < 4.78 is 36.8. The quantitative estimate of drug-likeness (QED) is 0.868. The lowest BCUT2D eigenvalue weighted by molar-refractivity contribution is -0.147. The van der Waals surface area contributed by atoms with Gasteiger partial charge in [0.1, 0.15) is 0 Å². The monoisotopic (exact) mass is 283 g/mol. The first kappa shape index (κ1) is 14.7. The van der Waals surface area contributed by atoms with Gasteiger partial charge in [-0.1, -0.05) is 18.3 Å². The predicted octanol–water partition coefficient (Wildman–Crippen LogP) is 2.47. The number of hydrogen-bond donors (Lipinski definition) is 2. The maximum absolute atomic E-state index is 12.3. The van der Waals surface area contributed by atoms with Crippen LogP contribution in [0.1, 0.15) is 25.3 Å². The minimum absolute atomic E-state index is 0.00861. The molecule has 0 aliphatic rings. The summed E-state index contributed by atoms with van der Waals surface area (Å²) >= 11 is 0.351. The maximum Gasteiger partial charge on any atom is 0.445 e. The predicted molar refractivity (Wildman–Crippen MR) is 59.4 cm³/mol. The van der Waals surface area contributed by atoms with Gasteiger partial charge in [0.15, 0.2) is 0 Å². The van der Waals surface area contributed by atoms with E-state index >= 15 is 0 Å². The highest BCUT2D eigenvalue weighted by atomic mass is 32.1. The second kappa shape index (κ2) is 5.09. The summed E-state index contributed by atoms with van der Waals surface area (Å²) in [4.78, 5) is 11.0. The van der Waals surface area contributed by atoms with Crippen LogP contribution in [0.3, 0.4) is 0 Å². The maximum atomic E-state index is 12.3. The summed E-state index contributed by atoms with van der Waals surface area (Å²) in [5.74, 6) is -1.02. The van der Waals surface area contributed by atoms with E-state index in [2.05, 4.69) is 15.5 Å². The molecule has 18 heavy (non-hydrogen) atoms. The number of rotatable bonds is 5. The lowest BCUT2D eigenvalue weighted by atomic mass is 9.88. The fourth-order valence-corrected chi connectivity index (χ4v) is 1.64. The smallest absolute Gasteiger partial charge is 0.445 e. The van der Waals surface area contributed by atoms with Gasteiger partial charge in [-0.05, 0) is 13.3 Å². The molecule has 1 heterocycles. The van der Waals surface area contributed by atoms with E-state index in [4.69, 9.17) is 5.11 Å². The fraction of sp³-hybridized carbons (Fsp3) is 0.667. The molecule has 0 saturated heterocycles. The third-order valence-corrected chi connectivity index (χ3v) is 3.52. The van der Waals surface area contributed by atoms with Crippen LogP contribution in [0.2, 0.25) is 0 Å². The van der Waals surface area contributed by atoms with Crippen LogP contribution in [-0.2, 0) is 11.0 Å². The Bertz CT molecular complexity index is 435. The Morgan fingerprint density at radius 2 is 2.06 bits per heavy atom. The van der Waals surface area contributed by atoms with Crippen LogP contribution in [0.4, 0.5) is 18.3 Å². The molecule has 5 nitrogen and oxygen atoms in total. The highest BCUT2D eigenvalue weighted by Crippen LogP contribution is 2.33. The number of hydrogen-bond acceptors (Lipinski definition) is 5. The first-order valence-corrected chi connectivity index (χ1v) is 5.88. The van der Waals surface area contributed by atoms with Gasteiger partial charge in [-0.2, -0.15) is 13.2 Å². The summed E-state index contributed by atoms with van der Waals surface area (Å²) in [6.45, 7) is 3.19. The van der Waals surface area contributed by atoms with E-state index in [0.717, 1.165) is 0 Å². The Morgan fingerprint density at radius 3 is 2.44 bits per heavy atom. The van der Waals surface area contributed by atoms with E-state index in [1.54, 1.807) is 6.92 Å². The van der Waals surface area contributed by atoms with Gasteiger partial charge in [0.2, 0.25) is 10.1 Å². The lowest BCUT2D eigenvalue weighted by Crippen LogP contribution is -2.34. The number of anilines is 1. The average Bonchev–Trinajstić information content (AvgIpc) is 2.73. The minimum atomic E-state index is -4.53. The van der Waals surface area contributed by atoms with Crippen molar-refractivity contribution in [3.63, 3.8) is 0 Å². The number of nitrogens with zero attached hydrogens (tertiary/aromatic N) is 2. The number of aliphatic carboxylic acids is 1. The van der Waals surface area contributed by atoms with E-state index in [1.807, 2.05) is 0 Å². The largest absolute Gasteiger partial charge is 0.481 e. The van der Waals surface area contributed by atoms with Crippen LogP contribution in [0.5, 0.6) is 0 Å². The third-order valence-electron chi connectivity index (χ3n) is 2.59. The molecule has 0 aliphatic carbocycles. The van der Waals surface area contributed by atoms with Gasteiger partial charge in [0, 0.05) is 6.54 Å². The number of nitrogens with one attached hydrogen (secondary N) is 1. The molecule has 1 rings (SSSR count). The van der Waals surface area contributed by atoms with Crippen molar-refractivity contribution in [3.05, 3.63) is 5.01 Å². The van der Waals surface area contributed by atoms with Crippen LogP contribution in [0, 0.1) is 5.41 Å². The SMILES string of the molecule is CCC(C)(CNc1nnc(C(F)(F)F)s1)C(=O)O. The molecule has 1 unspecified atom stereocenters. The Labute approximate surface area is 105 Å². The van der Waals surface area contributed by atoms with Crippen molar-refractivity contribution in [2.45, 2.75) is 26.4 Å².